The van der Waals surface area contributed by atoms with Crippen molar-refractivity contribution in [2.75, 3.05) is 25.3 Å². The second-order valence-corrected chi connectivity index (χ2v) is 6.01. The van der Waals surface area contributed by atoms with Gasteiger partial charge in [-0.25, -0.2) is 0 Å². The third-order valence-electron chi connectivity index (χ3n) is 3.36. The summed E-state index contributed by atoms with van der Waals surface area (Å²) in [5, 5.41) is 11.1. The first-order valence-electron chi connectivity index (χ1n) is 7.17. The molecule has 0 radical (unpaired) electrons. The summed E-state index contributed by atoms with van der Waals surface area (Å²) < 4.78 is 15.9. The van der Waals surface area contributed by atoms with Crippen molar-refractivity contribution >= 4 is 23.4 Å². The van der Waals surface area contributed by atoms with Crippen LogP contribution in [0.1, 0.15) is 24.7 Å². The fourth-order valence-corrected chi connectivity index (χ4v) is 2.57. The number of anilines is 1. The Kier molecular flexibility index (Phi) is 4.71. The molecule has 8 heteroatoms. The van der Waals surface area contributed by atoms with Crippen LogP contribution in [0.4, 0.5) is 5.69 Å². The molecular formula is C15H17N3O4S. The number of aromatic nitrogens is 2. The summed E-state index contributed by atoms with van der Waals surface area (Å²) in [5.74, 6) is 2.27. The van der Waals surface area contributed by atoms with Gasteiger partial charge in [-0.2, -0.15) is 0 Å². The molecule has 0 atom stereocenters. The maximum atomic E-state index is 12.1. The van der Waals surface area contributed by atoms with Crippen LogP contribution in [0.3, 0.4) is 0 Å². The van der Waals surface area contributed by atoms with Gasteiger partial charge in [-0.15, -0.1) is 10.2 Å². The number of hydrogen-bond donors (Lipinski definition) is 1. The lowest BCUT2D eigenvalue weighted by molar-refractivity contribution is -0.113. The highest BCUT2D eigenvalue weighted by Gasteiger charge is 2.29. The van der Waals surface area contributed by atoms with Crippen LogP contribution in [0.25, 0.3) is 0 Å². The number of rotatable bonds is 7. The first-order chi connectivity index (χ1) is 11.2. The Bertz CT molecular complexity index is 700. The van der Waals surface area contributed by atoms with Gasteiger partial charge in [0.1, 0.15) is 11.5 Å². The summed E-state index contributed by atoms with van der Waals surface area (Å²) in [6.45, 7) is 0. The molecule has 23 heavy (non-hydrogen) atoms. The van der Waals surface area contributed by atoms with E-state index in [2.05, 4.69) is 15.5 Å². The van der Waals surface area contributed by atoms with Crippen LogP contribution < -0.4 is 14.8 Å². The zero-order valence-electron chi connectivity index (χ0n) is 12.9. The van der Waals surface area contributed by atoms with Gasteiger partial charge in [0.15, 0.2) is 0 Å². The Labute approximate surface area is 137 Å². The van der Waals surface area contributed by atoms with Crippen molar-refractivity contribution in [1.82, 2.24) is 10.2 Å². The predicted octanol–water partition coefficient (Wildman–Crippen LogP) is 2.70. The normalized spacial score (nSPS) is 13.7. The molecule has 1 N–H and O–H groups in total. The first kappa shape index (κ1) is 15.7. The number of methoxy groups -OCH3 is 2. The van der Waals surface area contributed by atoms with Crippen LogP contribution in [-0.4, -0.2) is 36.1 Å². The highest BCUT2D eigenvalue weighted by Crippen LogP contribution is 2.39. The van der Waals surface area contributed by atoms with E-state index in [1.807, 2.05) is 0 Å². The largest absolute Gasteiger partial charge is 0.497 e. The Morgan fingerprint density at radius 3 is 2.87 bits per heavy atom. The maximum absolute atomic E-state index is 12.1. The van der Waals surface area contributed by atoms with E-state index < -0.39 is 0 Å². The van der Waals surface area contributed by atoms with Gasteiger partial charge >= 0.3 is 0 Å². The number of hydrogen-bond acceptors (Lipinski definition) is 7. The SMILES string of the molecule is COc1ccc(OC)c(NC(=O)CSc2nnc(C3CC3)o2)c1. The Morgan fingerprint density at radius 2 is 2.17 bits per heavy atom. The number of ether oxygens (including phenoxy) is 2. The van der Waals surface area contributed by atoms with Crippen molar-refractivity contribution in [2.24, 2.45) is 0 Å². The summed E-state index contributed by atoms with van der Waals surface area (Å²) >= 11 is 1.21. The monoisotopic (exact) mass is 335 g/mol. The van der Waals surface area contributed by atoms with Crippen LogP contribution in [0, 0.1) is 0 Å². The summed E-state index contributed by atoms with van der Waals surface area (Å²) in [6.07, 6.45) is 2.20. The van der Waals surface area contributed by atoms with Crippen molar-refractivity contribution in [3.63, 3.8) is 0 Å². The van der Waals surface area contributed by atoms with Gasteiger partial charge in [0.25, 0.3) is 5.22 Å². The molecule has 2 aromatic rings. The van der Waals surface area contributed by atoms with Crippen LogP contribution in [0.5, 0.6) is 11.5 Å². The van der Waals surface area contributed by atoms with Gasteiger partial charge in [-0.05, 0) is 25.0 Å². The molecule has 1 saturated carbocycles. The maximum Gasteiger partial charge on any atom is 0.277 e. The molecule has 1 heterocycles. The van der Waals surface area contributed by atoms with Crippen molar-refractivity contribution in [2.45, 2.75) is 24.0 Å². The summed E-state index contributed by atoms with van der Waals surface area (Å²) in [5.41, 5.74) is 0.557. The van der Waals surface area contributed by atoms with Crippen LogP contribution in [0.15, 0.2) is 27.8 Å². The van der Waals surface area contributed by atoms with Crippen molar-refractivity contribution in [1.29, 1.82) is 0 Å². The molecule has 1 fully saturated rings. The summed E-state index contributed by atoms with van der Waals surface area (Å²) in [7, 11) is 3.11. The predicted molar refractivity (Wildman–Crippen MR) is 85.2 cm³/mol. The molecule has 122 valence electrons. The minimum atomic E-state index is -0.187. The van der Waals surface area contributed by atoms with Gasteiger partial charge in [0.05, 0.1) is 25.7 Å². The fourth-order valence-electron chi connectivity index (χ4n) is 2.00. The van der Waals surface area contributed by atoms with Gasteiger partial charge in [-0.3, -0.25) is 4.79 Å². The van der Waals surface area contributed by atoms with Crippen molar-refractivity contribution in [3.05, 3.63) is 24.1 Å². The number of nitrogens with zero attached hydrogens (tertiary/aromatic N) is 2. The Balaban J connectivity index is 1.57. The highest BCUT2D eigenvalue weighted by atomic mass is 32.2. The van der Waals surface area contributed by atoms with E-state index in [1.165, 1.54) is 11.8 Å². The number of carbonyl (C=O) groups excluding carboxylic acids is 1. The molecule has 7 nitrogen and oxygen atoms in total. The minimum absolute atomic E-state index is 0.173. The van der Waals surface area contributed by atoms with Gasteiger partial charge in [-0.1, -0.05) is 11.8 Å². The molecule has 1 aromatic carbocycles. The van der Waals surface area contributed by atoms with Crippen molar-refractivity contribution in [3.8, 4) is 11.5 Å². The smallest absolute Gasteiger partial charge is 0.277 e. The van der Waals surface area contributed by atoms with E-state index in [0.717, 1.165) is 12.8 Å². The van der Waals surface area contributed by atoms with Crippen LogP contribution in [-0.2, 0) is 4.79 Å². The minimum Gasteiger partial charge on any atom is -0.497 e. The quantitative estimate of drug-likeness (QED) is 0.778. The Hall–Kier alpha value is -2.22. The molecule has 1 aliphatic carbocycles. The number of benzene rings is 1. The molecule has 0 spiro atoms. The topological polar surface area (TPSA) is 86.5 Å². The zero-order valence-corrected chi connectivity index (χ0v) is 13.7. The van der Waals surface area contributed by atoms with E-state index in [-0.39, 0.29) is 11.7 Å². The molecular weight excluding hydrogens is 318 g/mol. The van der Waals surface area contributed by atoms with E-state index in [0.29, 0.717) is 34.2 Å². The van der Waals surface area contributed by atoms with E-state index in [4.69, 9.17) is 13.9 Å². The summed E-state index contributed by atoms with van der Waals surface area (Å²) in [6, 6.07) is 5.21. The molecule has 0 bridgehead atoms. The third-order valence-corrected chi connectivity index (χ3v) is 4.17. The lowest BCUT2D eigenvalue weighted by Gasteiger charge is -2.11. The van der Waals surface area contributed by atoms with Crippen molar-refractivity contribution < 1.29 is 18.7 Å². The van der Waals surface area contributed by atoms with E-state index >= 15 is 0 Å². The average Bonchev–Trinajstić information content (AvgIpc) is 3.31. The first-order valence-corrected chi connectivity index (χ1v) is 8.16. The lowest BCUT2D eigenvalue weighted by atomic mass is 10.2. The van der Waals surface area contributed by atoms with Gasteiger partial charge < -0.3 is 19.2 Å². The Morgan fingerprint density at radius 1 is 1.35 bits per heavy atom. The zero-order chi connectivity index (χ0) is 16.2. The average molecular weight is 335 g/mol. The number of thioether (sulfide) groups is 1. The van der Waals surface area contributed by atoms with Crippen LogP contribution >= 0.6 is 11.8 Å². The second kappa shape index (κ2) is 6.91. The molecule has 0 saturated heterocycles. The second-order valence-electron chi connectivity index (χ2n) is 5.08. The molecule has 0 aliphatic heterocycles. The van der Waals surface area contributed by atoms with E-state index in [9.17, 15) is 4.79 Å². The lowest BCUT2D eigenvalue weighted by Crippen LogP contribution is -2.14. The molecule has 1 aliphatic rings. The number of carbonyl (C=O) groups is 1. The highest BCUT2D eigenvalue weighted by molar-refractivity contribution is 7.99. The molecule has 0 unspecified atom stereocenters. The van der Waals surface area contributed by atoms with Gasteiger partial charge in [0.2, 0.25) is 11.8 Å². The van der Waals surface area contributed by atoms with E-state index in [1.54, 1.807) is 32.4 Å². The molecule has 3 rings (SSSR count). The number of amides is 1. The number of nitrogens with one attached hydrogen (secondary N) is 1. The summed E-state index contributed by atoms with van der Waals surface area (Å²) in [4.78, 5) is 12.1. The molecule has 1 amide bonds. The van der Waals surface area contributed by atoms with Gasteiger partial charge in [0, 0.05) is 12.0 Å². The van der Waals surface area contributed by atoms with Crippen LogP contribution in [0.2, 0.25) is 0 Å². The fraction of sp³-hybridized carbons (Fsp3) is 0.400. The third kappa shape index (κ3) is 3.95. The molecule has 1 aromatic heterocycles. The standard InChI is InChI=1S/C15H17N3O4S/c1-20-10-5-6-12(21-2)11(7-10)16-13(19)8-23-15-18-17-14(22-15)9-3-4-9/h5-7,9H,3-4,8H2,1-2H3,(H,16,19).